The van der Waals surface area contributed by atoms with Crippen molar-refractivity contribution in [3.8, 4) is 5.75 Å². The smallest absolute Gasteiger partial charge is 0.323 e. The van der Waals surface area contributed by atoms with Crippen LogP contribution in [0.2, 0.25) is 0 Å². The van der Waals surface area contributed by atoms with Crippen LogP contribution < -0.4 is 10.5 Å². The van der Waals surface area contributed by atoms with Crippen molar-refractivity contribution in [1.82, 2.24) is 0 Å². The number of esters is 1. The SMILES string of the molecule is CC1CC(Oc2ccccc2)CCCC[C@H](N)C(=O)O1. The summed E-state index contributed by atoms with van der Waals surface area (Å²) in [6.45, 7) is 1.90. The van der Waals surface area contributed by atoms with Gasteiger partial charge in [0.25, 0.3) is 0 Å². The van der Waals surface area contributed by atoms with Gasteiger partial charge in [0.1, 0.15) is 24.0 Å². The van der Waals surface area contributed by atoms with Crippen LogP contribution in [0.5, 0.6) is 5.75 Å². The Morgan fingerprint density at radius 2 is 1.90 bits per heavy atom. The van der Waals surface area contributed by atoms with Crippen LogP contribution >= 0.6 is 0 Å². The summed E-state index contributed by atoms with van der Waals surface area (Å²) in [5.74, 6) is 0.572. The predicted molar refractivity (Wildman–Crippen MR) is 77.5 cm³/mol. The van der Waals surface area contributed by atoms with Gasteiger partial charge in [-0.25, -0.2) is 0 Å². The first kappa shape index (κ1) is 14.9. The second-order valence-corrected chi connectivity index (χ2v) is 5.43. The highest BCUT2D eigenvalue weighted by Gasteiger charge is 2.23. The number of carbonyl (C=O) groups excluding carboxylic acids is 1. The lowest BCUT2D eigenvalue weighted by Crippen LogP contribution is -2.36. The van der Waals surface area contributed by atoms with E-state index in [9.17, 15) is 4.79 Å². The molecule has 1 aromatic rings. The molecule has 2 N–H and O–H groups in total. The van der Waals surface area contributed by atoms with Crippen molar-refractivity contribution in [3.05, 3.63) is 30.3 Å². The van der Waals surface area contributed by atoms with Crippen molar-refractivity contribution < 1.29 is 14.3 Å². The Bertz CT molecular complexity index is 421. The third-order valence-corrected chi connectivity index (χ3v) is 3.55. The average Bonchev–Trinajstić information content (AvgIpc) is 2.43. The molecule has 1 heterocycles. The topological polar surface area (TPSA) is 61.5 Å². The van der Waals surface area contributed by atoms with Gasteiger partial charge in [-0.15, -0.1) is 0 Å². The van der Waals surface area contributed by atoms with Gasteiger partial charge in [0.05, 0.1) is 0 Å². The summed E-state index contributed by atoms with van der Waals surface area (Å²) in [5.41, 5.74) is 5.78. The molecule has 1 aliphatic rings. The zero-order chi connectivity index (χ0) is 14.4. The zero-order valence-corrected chi connectivity index (χ0v) is 12.0. The number of benzene rings is 1. The number of hydrogen-bond acceptors (Lipinski definition) is 4. The maximum atomic E-state index is 11.7. The third-order valence-electron chi connectivity index (χ3n) is 3.55. The van der Waals surface area contributed by atoms with E-state index in [4.69, 9.17) is 15.2 Å². The van der Waals surface area contributed by atoms with Crippen molar-refractivity contribution in [2.45, 2.75) is 57.3 Å². The van der Waals surface area contributed by atoms with Crippen LogP contribution in [0.15, 0.2) is 30.3 Å². The summed E-state index contributed by atoms with van der Waals surface area (Å²) in [6, 6.07) is 9.29. The van der Waals surface area contributed by atoms with E-state index in [-0.39, 0.29) is 18.2 Å². The molecule has 1 saturated heterocycles. The second kappa shape index (κ2) is 7.29. The summed E-state index contributed by atoms with van der Waals surface area (Å²) in [6.07, 6.45) is 4.21. The zero-order valence-electron chi connectivity index (χ0n) is 12.0. The van der Waals surface area contributed by atoms with Gasteiger partial charge >= 0.3 is 5.97 Å². The summed E-state index contributed by atoms with van der Waals surface area (Å²) < 4.78 is 11.4. The number of ether oxygens (including phenoxy) is 2. The summed E-state index contributed by atoms with van der Waals surface area (Å²) in [4.78, 5) is 11.7. The molecule has 1 aliphatic heterocycles. The third kappa shape index (κ3) is 4.53. The Balaban J connectivity index is 1.96. The van der Waals surface area contributed by atoms with Gasteiger partial charge in [0.15, 0.2) is 0 Å². The molecule has 1 aromatic carbocycles. The first-order valence-electron chi connectivity index (χ1n) is 7.33. The average molecular weight is 277 g/mol. The fourth-order valence-corrected chi connectivity index (χ4v) is 2.47. The summed E-state index contributed by atoms with van der Waals surface area (Å²) >= 11 is 0. The molecule has 0 spiro atoms. The molecule has 2 rings (SSSR count). The number of rotatable bonds is 2. The molecule has 4 nitrogen and oxygen atoms in total. The van der Waals surface area contributed by atoms with Gasteiger partial charge in [0, 0.05) is 6.42 Å². The van der Waals surface area contributed by atoms with E-state index in [0.29, 0.717) is 12.8 Å². The van der Waals surface area contributed by atoms with E-state index >= 15 is 0 Å². The minimum atomic E-state index is -0.482. The van der Waals surface area contributed by atoms with Gasteiger partial charge in [-0.05, 0) is 38.3 Å². The molecule has 0 aromatic heterocycles. The van der Waals surface area contributed by atoms with Crippen molar-refractivity contribution in [3.63, 3.8) is 0 Å². The molecule has 0 aliphatic carbocycles. The highest BCUT2D eigenvalue weighted by molar-refractivity contribution is 5.75. The molecule has 0 radical (unpaired) electrons. The van der Waals surface area contributed by atoms with E-state index in [2.05, 4.69) is 0 Å². The number of cyclic esters (lactones) is 1. The molecule has 20 heavy (non-hydrogen) atoms. The van der Waals surface area contributed by atoms with Gasteiger partial charge < -0.3 is 15.2 Å². The van der Waals surface area contributed by atoms with Crippen LogP contribution in [-0.2, 0) is 9.53 Å². The molecule has 0 amide bonds. The largest absolute Gasteiger partial charge is 0.490 e. The Morgan fingerprint density at radius 3 is 2.65 bits per heavy atom. The van der Waals surface area contributed by atoms with E-state index in [1.165, 1.54) is 0 Å². The van der Waals surface area contributed by atoms with Gasteiger partial charge in [-0.3, -0.25) is 4.79 Å². The second-order valence-electron chi connectivity index (χ2n) is 5.43. The standard InChI is InChI=1S/C16H23NO3/c1-12-11-14(20-13-7-3-2-4-8-13)9-5-6-10-15(17)16(18)19-12/h2-4,7-8,12,14-15H,5-6,9-11,17H2,1H3/t12?,14?,15-/m0/s1. The van der Waals surface area contributed by atoms with Crippen molar-refractivity contribution in [1.29, 1.82) is 0 Å². The summed E-state index contributed by atoms with van der Waals surface area (Å²) in [5, 5.41) is 0. The molecule has 1 fully saturated rings. The lowest BCUT2D eigenvalue weighted by Gasteiger charge is -2.25. The molecular formula is C16H23NO3. The van der Waals surface area contributed by atoms with Crippen molar-refractivity contribution >= 4 is 5.97 Å². The summed E-state index contributed by atoms with van der Waals surface area (Å²) in [7, 11) is 0. The number of hydrogen-bond donors (Lipinski definition) is 1. The minimum absolute atomic E-state index is 0.0783. The Kier molecular flexibility index (Phi) is 5.41. The van der Waals surface area contributed by atoms with Gasteiger partial charge in [-0.2, -0.15) is 0 Å². The number of carbonyl (C=O) groups is 1. The van der Waals surface area contributed by atoms with Gasteiger partial charge in [-0.1, -0.05) is 24.6 Å². The van der Waals surface area contributed by atoms with Crippen LogP contribution in [0.4, 0.5) is 0 Å². The van der Waals surface area contributed by atoms with Crippen LogP contribution in [-0.4, -0.2) is 24.2 Å². The normalized spacial score (nSPS) is 28.5. The van der Waals surface area contributed by atoms with Crippen LogP contribution in [0.1, 0.15) is 39.0 Å². The van der Waals surface area contributed by atoms with Crippen LogP contribution in [0.3, 0.4) is 0 Å². The van der Waals surface area contributed by atoms with E-state index in [1.54, 1.807) is 0 Å². The Morgan fingerprint density at radius 1 is 1.20 bits per heavy atom. The molecule has 3 atom stereocenters. The molecule has 0 bridgehead atoms. The van der Waals surface area contributed by atoms with Crippen molar-refractivity contribution in [2.24, 2.45) is 5.73 Å². The predicted octanol–water partition coefficient (Wildman–Crippen LogP) is 2.66. The van der Waals surface area contributed by atoms with Crippen molar-refractivity contribution in [2.75, 3.05) is 0 Å². The molecule has 110 valence electrons. The maximum absolute atomic E-state index is 11.7. The van der Waals surface area contributed by atoms with Crippen LogP contribution in [0, 0.1) is 0 Å². The maximum Gasteiger partial charge on any atom is 0.323 e. The quantitative estimate of drug-likeness (QED) is 0.844. The molecule has 0 saturated carbocycles. The van der Waals surface area contributed by atoms with E-state index in [1.807, 2.05) is 37.3 Å². The molecule has 4 heteroatoms. The Labute approximate surface area is 120 Å². The molecular weight excluding hydrogens is 254 g/mol. The highest BCUT2D eigenvalue weighted by atomic mass is 16.5. The fraction of sp³-hybridized carbons (Fsp3) is 0.562. The number of para-hydroxylation sites is 1. The Hall–Kier alpha value is -1.55. The number of nitrogens with two attached hydrogens (primary N) is 1. The van der Waals surface area contributed by atoms with E-state index in [0.717, 1.165) is 25.0 Å². The first-order chi connectivity index (χ1) is 9.65. The minimum Gasteiger partial charge on any atom is -0.490 e. The lowest BCUT2D eigenvalue weighted by molar-refractivity contribution is -0.151. The fourth-order valence-electron chi connectivity index (χ4n) is 2.47. The van der Waals surface area contributed by atoms with E-state index < -0.39 is 6.04 Å². The first-order valence-corrected chi connectivity index (χ1v) is 7.33. The lowest BCUT2D eigenvalue weighted by atomic mass is 10.0. The highest BCUT2D eigenvalue weighted by Crippen LogP contribution is 2.20. The van der Waals surface area contributed by atoms with Crippen LogP contribution in [0.25, 0.3) is 0 Å². The van der Waals surface area contributed by atoms with Gasteiger partial charge in [0.2, 0.25) is 0 Å². The molecule has 2 unspecified atom stereocenters. The monoisotopic (exact) mass is 277 g/mol.